The van der Waals surface area contributed by atoms with Crippen molar-refractivity contribution in [3.05, 3.63) is 79.7 Å². The van der Waals surface area contributed by atoms with Crippen molar-refractivity contribution in [3.63, 3.8) is 0 Å². The zero-order valence-corrected chi connectivity index (χ0v) is 16.7. The first-order valence-corrected chi connectivity index (χ1v) is 10.3. The van der Waals surface area contributed by atoms with Crippen molar-refractivity contribution in [2.24, 2.45) is 0 Å². The molecular formula is C20H19N5O4S. The number of anilines is 1. The predicted molar refractivity (Wildman–Crippen MR) is 111 cm³/mol. The summed E-state index contributed by atoms with van der Waals surface area (Å²) in [5.41, 5.74) is 0.896. The summed E-state index contributed by atoms with van der Waals surface area (Å²) in [7, 11) is -3.74. The van der Waals surface area contributed by atoms with Crippen LogP contribution in [0, 0.1) is 0 Å². The van der Waals surface area contributed by atoms with Gasteiger partial charge < -0.3 is 4.42 Å². The topological polar surface area (TPSA) is 118 Å². The Labute approximate surface area is 173 Å². The largest absolute Gasteiger partial charge is 0.403 e. The molecule has 0 saturated heterocycles. The number of hydrogen-bond acceptors (Lipinski definition) is 7. The van der Waals surface area contributed by atoms with Crippen molar-refractivity contribution in [1.82, 2.24) is 19.5 Å². The molecule has 0 saturated carbocycles. The monoisotopic (exact) mass is 425 g/mol. The van der Waals surface area contributed by atoms with Crippen LogP contribution in [0.25, 0.3) is 11.5 Å². The maximum Gasteiger partial charge on any atom is 0.322 e. The van der Waals surface area contributed by atoms with Gasteiger partial charge in [-0.25, -0.2) is 8.42 Å². The molecule has 0 aliphatic rings. The average molecular weight is 425 g/mol. The van der Waals surface area contributed by atoms with E-state index in [1.54, 1.807) is 24.5 Å². The molecule has 0 aliphatic heterocycles. The molecule has 0 unspecified atom stereocenters. The van der Waals surface area contributed by atoms with Crippen LogP contribution >= 0.6 is 0 Å². The van der Waals surface area contributed by atoms with Crippen LogP contribution in [0.4, 0.5) is 6.01 Å². The lowest BCUT2D eigenvalue weighted by atomic mass is 10.2. The third-order valence-corrected chi connectivity index (χ3v) is 5.84. The normalized spacial score (nSPS) is 11.2. The summed E-state index contributed by atoms with van der Waals surface area (Å²) in [6.45, 7) is 7.44. The van der Waals surface area contributed by atoms with Crippen molar-refractivity contribution >= 4 is 21.9 Å². The second kappa shape index (κ2) is 9.25. The molecule has 1 aromatic carbocycles. The highest BCUT2D eigenvalue weighted by atomic mass is 32.2. The van der Waals surface area contributed by atoms with Crippen LogP contribution in [0.5, 0.6) is 0 Å². The minimum absolute atomic E-state index is 0.0560. The van der Waals surface area contributed by atoms with E-state index in [0.717, 1.165) is 0 Å². The van der Waals surface area contributed by atoms with Crippen LogP contribution < -0.4 is 5.32 Å². The molecule has 0 bridgehead atoms. The Morgan fingerprint density at radius 3 is 2.27 bits per heavy atom. The average Bonchev–Trinajstić information content (AvgIpc) is 3.23. The predicted octanol–water partition coefficient (Wildman–Crippen LogP) is 2.75. The number of carbonyl (C=O) groups is 1. The molecular weight excluding hydrogens is 406 g/mol. The molecule has 2 aromatic heterocycles. The lowest BCUT2D eigenvalue weighted by molar-refractivity contribution is 0.102. The standard InChI is InChI=1S/C20H19N5O4S/c1-3-13-25(14-4-2)30(27,28)17-7-5-15(6-8-17)18(26)22-20-24-23-19(29-20)16-9-11-21-12-10-16/h3-12H,1-2,13-14H2,(H,22,24,26). The molecule has 9 nitrogen and oxygen atoms in total. The summed E-state index contributed by atoms with van der Waals surface area (Å²) in [4.78, 5) is 16.4. The van der Waals surface area contributed by atoms with E-state index in [1.807, 2.05) is 0 Å². The number of sulfonamides is 1. The summed E-state index contributed by atoms with van der Waals surface area (Å²) in [6.07, 6.45) is 6.15. The van der Waals surface area contributed by atoms with Crippen LogP contribution in [0.1, 0.15) is 10.4 Å². The van der Waals surface area contributed by atoms with Gasteiger partial charge in [-0.1, -0.05) is 17.3 Å². The van der Waals surface area contributed by atoms with Gasteiger partial charge in [0.05, 0.1) is 4.90 Å². The Morgan fingerprint density at radius 1 is 1.03 bits per heavy atom. The maximum atomic E-state index is 12.7. The number of nitrogens with zero attached hydrogens (tertiary/aromatic N) is 4. The van der Waals surface area contributed by atoms with Gasteiger partial charge in [0.1, 0.15) is 0 Å². The molecule has 0 aliphatic carbocycles. The van der Waals surface area contributed by atoms with Crippen molar-refractivity contribution in [3.8, 4) is 11.5 Å². The molecule has 1 amide bonds. The minimum Gasteiger partial charge on any atom is -0.403 e. The summed E-state index contributed by atoms with van der Waals surface area (Å²) in [5, 5.41) is 10.2. The van der Waals surface area contributed by atoms with Gasteiger partial charge in [0.15, 0.2) is 0 Å². The van der Waals surface area contributed by atoms with Crippen LogP contribution in [-0.2, 0) is 10.0 Å². The Kier molecular flexibility index (Phi) is 6.50. The first-order valence-electron chi connectivity index (χ1n) is 8.83. The zero-order chi connectivity index (χ0) is 21.6. The SMILES string of the molecule is C=CCN(CC=C)S(=O)(=O)c1ccc(C(=O)Nc2nnc(-c3ccncc3)o2)cc1. The summed E-state index contributed by atoms with van der Waals surface area (Å²) < 4.78 is 32.1. The minimum atomic E-state index is -3.74. The number of pyridine rings is 1. The molecule has 0 atom stereocenters. The van der Waals surface area contributed by atoms with E-state index in [4.69, 9.17) is 4.42 Å². The highest BCUT2D eigenvalue weighted by molar-refractivity contribution is 7.89. The molecule has 0 spiro atoms. The molecule has 1 N–H and O–H groups in total. The van der Waals surface area contributed by atoms with E-state index in [-0.39, 0.29) is 35.5 Å². The van der Waals surface area contributed by atoms with E-state index in [2.05, 4.69) is 33.7 Å². The van der Waals surface area contributed by atoms with E-state index in [1.165, 1.54) is 40.7 Å². The van der Waals surface area contributed by atoms with Gasteiger partial charge >= 0.3 is 6.01 Å². The summed E-state index contributed by atoms with van der Waals surface area (Å²) in [5.74, 6) is -0.281. The molecule has 0 radical (unpaired) electrons. The molecule has 0 fully saturated rings. The Morgan fingerprint density at radius 2 is 1.67 bits per heavy atom. The molecule has 30 heavy (non-hydrogen) atoms. The first-order chi connectivity index (χ1) is 14.5. The smallest absolute Gasteiger partial charge is 0.322 e. The second-order valence-corrected chi connectivity index (χ2v) is 7.96. The molecule has 2 heterocycles. The van der Waals surface area contributed by atoms with Crippen molar-refractivity contribution < 1.29 is 17.6 Å². The van der Waals surface area contributed by atoms with E-state index < -0.39 is 15.9 Å². The van der Waals surface area contributed by atoms with E-state index >= 15 is 0 Å². The van der Waals surface area contributed by atoms with Gasteiger partial charge in [0.2, 0.25) is 15.9 Å². The number of benzene rings is 1. The highest BCUT2D eigenvalue weighted by Crippen LogP contribution is 2.20. The fourth-order valence-corrected chi connectivity index (χ4v) is 3.92. The zero-order valence-electron chi connectivity index (χ0n) is 15.9. The van der Waals surface area contributed by atoms with Crippen molar-refractivity contribution in [2.75, 3.05) is 18.4 Å². The quantitative estimate of drug-likeness (QED) is 0.524. The third kappa shape index (κ3) is 4.67. The first kappa shape index (κ1) is 21.1. The Hall–Kier alpha value is -3.63. The van der Waals surface area contributed by atoms with Crippen LogP contribution in [0.15, 0.2) is 83.4 Å². The number of nitrogens with one attached hydrogen (secondary N) is 1. The van der Waals surface area contributed by atoms with Gasteiger partial charge in [0, 0.05) is 36.6 Å². The molecule has 3 rings (SSSR count). The molecule has 10 heteroatoms. The lowest BCUT2D eigenvalue weighted by Crippen LogP contribution is -2.31. The van der Waals surface area contributed by atoms with E-state index in [0.29, 0.717) is 5.56 Å². The second-order valence-electron chi connectivity index (χ2n) is 6.03. The number of rotatable bonds is 9. The van der Waals surface area contributed by atoms with Crippen LogP contribution in [-0.4, -0.2) is 46.9 Å². The van der Waals surface area contributed by atoms with Gasteiger partial charge in [0.25, 0.3) is 5.91 Å². The van der Waals surface area contributed by atoms with Gasteiger partial charge in [-0.2, -0.15) is 4.31 Å². The Bertz CT molecular complexity index is 1130. The summed E-state index contributed by atoms with van der Waals surface area (Å²) in [6, 6.07) is 8.84. The van der Waals surface area contributed by atoms with Gasteiger partial charge in [-0.3, -0.25) is 15.1 Å². The van der Waals surface area contributed by atoms with Crippen LogP contribution in [0.3, 0.4) is 0 Å². The van der Waals surface area contributed by atoms with Crippen LogP contribution in [0.2, 0.25) is 0 Å². The number of amides is 1. The van der Waals surface area contributed by atoms with Crippen molar-refractivity contribution in [1.29, 1.82) is 0 Å². The van der Waals surface area contributed by atoms with Gasteiger partial charge in [-0.05, 0) is 36.4 Å². The maximum absolute atomic E-state index is 12.7. The fraction of sp³-hybridized carbons (Fsp3) is 0.100. The number of aromatic nitrogens is 3. The van der Waals surface area contributed by atoms with Crippen molar-refractivity contribution in [2.45, 2.75) is 4.90 Å². The number of carbonyl (C=O) groups excluding carboxylic acids is 1. The Balaban J connectivity index is 1.73. The third-order valence-electron chi connectivity index (χ3n) is 3.99. The fourth-order valence-electron chi connectivity index (χ4n) is 2.54. The molecule has 154 valence electrons. The lowest BCUT2D eigenvalue weighted by Gasteiger charge is -2.19. The highest BCUT2D eigenvalue weighted by Gasteiger charge is 2.23. The number of hydrogen-bond donors (Lipinski definition) is 1. The molecule has 3 aromatic rings. The summed E-state index contributed by atoms with van der Waals surface area (Å²) >= 11 is 0. The van der Waals surface area contributed by atoms with Gasteiger partial charge in [-0.15, -0.1) is 18.3 Å². The van der Waals surface area contributed by atoms with E-state index in [9.17, 15) is 13.2 Å².